The quantitative estimate of drug-likeness (QED) is 0.437. The second-order valence-electron chi connectivity index (χ2n) is 2.36. The molecule has 0 aromatic rings. The van der Waals surface area contributed by atoms with Crippen LogP contribution in [0.15, 0.2) is 0 Å². The molecule has 0 aromatic carbocycles. The zero-order valence-electron chi connectivity index (χ0n) is 7.61. The van der Waals surface area contributed by atoms with Gasteiger partial charge in [0, 0.05) is 19.3 Å². The molecule has 0 spiro atoms. The average molecular weight is 158 g/mol. The maximum atomic E-state index is 4.96. The second-order valence-corrected chi connectivity index (χ2v) is 2.36. The Bertz CT molecular complexity index is 244. The van der Waals surface area contributed by atoms with E-state index in [1.807, 2.05) is 0 Å². The van der Waals surface area contributed by atoms with Gasteiger partial charge in [0.25, 0.3) is 0 Å². The van der Waals surface area contributed by atoms with Crippen LogP contribution >= 0.6 is 0 Å². The molecule has 0 aromatic heterocycles. The molecule has 0 nitrogen and oxygen atoms in total. The SMILES string of the molecule is C#CC#CCCCCC#CCC. The summed E-state index contributed by atoms with van der Waals surface area (Å²) in [5.41, 5.74) is 0. The van der Waals surface area contributed by atoms with E-state index in [-0.39, 0.29) is 0 Å². The highest BCUT2D eigenvalue weighted by Crippen LogP contribution is 1.96. The van der Waals surface area contributed by atoms with Gasteiger partial charge in [-0.2, -0.15) is 0 Å². The Labute approximate surface area is 75.8 Å². The molecule has 0 saturated heterocycles. The molecule has 12 heavy (non-hydrogen) atoms. The summed E-state index contributed by atoms with van der Waals surface area (Å²) in [6.07, 6.45) is 10.0. The smallest absolute Gasteiger partial charge is 0.00992 e. The van der Waals surface area contributed by atoms with Crippen LogP contribution in [0.3, 0.4) is 0 Å². The van der Waals surface area contributed by atoms with E-state index >= 15 is 0 Å². The van der Waals surface area contributed by atoms with Crippen LogP contribution in [0.4, 0.5) is 0 Å². The number of hydrogen-bond acceptors (Lipinski definition) is 0. The molecule has 0 amide bonds. The normalized spacial score (nSPS) is 7.00. The summed E-state index contributed by atoms with van der Waals surface area (Å²) in [4.78, 5) is 0. The highest BCUT2D eigenvalue weighted by molar-refractivity contribution is 5.21. The molecule has 0 aliphatic carbocycles. The molecule has 0 heterocycles. The summed E-state index contributed by atoms with van der Waals surface area (Å²) in [5.74, 6) is 13.9. The lowest BCUT2D eigenvalue weighted by atomic mass is 10.2. The minimum absolute atomic E-state index is 0.901. The van der Waals surface area contributed by atoms with E-state index in [1.165, 1.54) is 0 Å². The van der Waals surface area contributed by atoms with Gasteiger partial charge in [0.15, 0.2) is 0 Å². The first kappa shape index (κ1) is 10.7. The molecule has 0 fully saturated rings. The van der Waals surface area contributed by atoms with E-state index < -0.39 is 0 Å². The van der Waals surface area contributed by atoms with Crippen LogP contribution in [0.2, 0.25) is 0 Å². The fourth-order valence-corrected chi connectivity index (χ4v) is 0.754. The van der Waals surface area contributed by atoms with Crippen LogP contribution in [-0.4, -0.2) is 0 Å². The molecular formula is C12H14. The van der Waals surface area contributed by atoms with Gasteiger partial charge < -0.3 is 0 Å². The molecule has 0 unspecified atom stereocenters. The fraction of sp³-hybridized carbons (Fsp3) is 0.500. The number of rotatable bonds is 3. The lowest BCUT2D eigenvalue weighted by Gasteiger charge is -1.87. The topological polar surface area (TPSA) is 0 Å². The van der Waals surface area contributed by atoms with E-state index in [4.69, 9.17) is 6.42 Å². The lowest BCUT2D eigenvalue weighted by Crippen LogP contribution is -1.72. The molecule has 0 bridgehead atoms. The lowest BCUT2D eigenvalue weighted by molar-refractivity contribution is 0.782. The molecule has 0 heteroatoms. The summed E-state index contributed by atoms with van der Waals surface area (Å²) >= 11 is 0. The van der Waals surface area contributed by atoms with Crippen molar-refractivity contribution in [3.63, 3.8) is 0 Å². The third kappa shape index (κ3) is 8.68. The van der Waals surface area contributed by atoms with Gasteiger partial charge in [-0.25, -0.2) is 0 Å². The Hall–Kier alpha value is -1.32. The van der Waals surface area contributed by atoms with Gasteiger partial charge in [-0.05, 0) is 24.7 Å². The molecule has 0 N–H and O–H groups in total. The van der Waals surface area contributed by atoms with Crippen molar-refractivity contribution in [2.45, 2.75) is 39.0 Å². The van der Waals surface area contributed by atoms with Crippen molar-refractivity contribution in [2.75, 3.05) is 0 Å². The first-order valence-corrected chi connectivity index (χ1v) is 4.31. The molecule has 0 aliphatic rings. The van der Waals surface area contributed by atoms with Crippen LogP contribution in [0.1, 0.15) is 39.0 Å². The maximum Gasteiger partial charge on any atom is 0.00992 e. The molecular weight excluding hydrogens is 144 g/mol. The van der Waals surface area contributed by atoms with Crippen molar-refractivity contribution >= 4 is 0 Å². The second kappa shape index (κ2) is 9.68. The Morgan fingerprint density at radius 1 is 1.00 bits per heavy atom. The summed E-state index contributed by atoms with van der Waals surface area (Å²) in [7, 11) is 0. The molecule has 62 valence electrons. The van der Waals surface area contributed by atoms with Crippen molar-refractivity contribution in [2.24, 2.45) is 0 Å². The third-order valence-electron chi connectivity index (χ3n) is 1.32. The van der Waals surface area contributed by atoms with Crippen LogP contribution in [-0.2, 0) is 0 Å². The summed E-state index contributed by atoms with van der Waals surface area (Å²) in [5, 5.41) is 0. The van der Waals surface area contributed by atoms with Crippen LogP contribution < -0.4 is 0 Å². The fourth-order valence-electron chi connectivity index (χ4n) is 0.754. The highest BCUT2D eigenvalue weighted by Gasteiger charge is 1.81. The van der Waals surface area contributed by atoms with Crippen LogP contribution in [0.25, 0.3) is 0 Å². The number of unbranched alkanes of at least 4 members (excludes halogenated alkanes) is 3. The van der Waals surface area contributed by atoms with Crippen molar-refractivity contribution in [3.8, 4) is 36.0 Å². The molecule has 0 radical (unpaired) electrons. The van der Waals surface area contributed by atoms with E-state index in [0.29, 0.717) is 0 Å². The zero-order valence-corrected chi connectivity index (χ0v) is 7.61. The van der Waals surface area contributed by atoms with Crippen molar-refractivity contribution in [1.29, 1.82) is 0 Å². The van der Waals surface area contributed by atoms with Crippen molar-refractivity contribution in [3.05, 3.63) is 0 Å². The minimum Gasteiger partial charge on any atom is -0.106 e. The van der Waals surface area contributed by atoms with Crippen LogP contribution in [0.5, 0.6) is 0 Å². The summed E-state index contributed by atoms with van der Waals surface area (Å²) in [6, 6.07) is 0. The van der Waals surface area contributed by atoms with Gasteiger partial charge in [-0.1, -0.05) is 12.8 Å². The van der Waals surface area contributed by atoms with E-state index in [9.17, 15) is 0 Å². The Kier molecular flexibility index (Phi) is 8.62. The van der Waals surface area contributed by atoms with Gasteiger partial charge in [0.1, 0.15) is 0 Å². The number of terminal acetylenes is 1. The predicted molar refractivity (Wildman–Crippen MR) is 53.1 cm³/mol. The summed E-state index contributed by atoms with van der Waals surface area (Å²) in [6.45, 7) is 2.06. The van der Waals surface area contributed by atoms with Gasteiger partial charge in [-0.3, -0.25) is 0 Å². The highest BCUT2D eigenvalue weighted by atomic mass is 13.9. The number of hydrogen-bond donors (Lipinski definition) is 0. The molecule has 0 rings (SSSR count). The maximum absolute atomic E-state index is 4.96. The van der Waals surface area contributed by atoms with Crippen molar-refractivity contribution in [1.82, 2.24) is 0 Å². The third-order valence-corrected chi connectivity index (χ3v) is 1.32. The first-order valence-electron chi connectivity index (χ1n) is 4.31. The predicted octanol–water partition coefficient (Wildman–Crippen LogP) is 2.60. The first-order chi connectivity index (χ1) is 5.91. The Morgan fingerprint density at radius 3 is 2.25 bits per heavy atom. The Balaban J connectivity index is 3.18. The molecule has 0 saturated carbocycles. The largest absolute Gasteiger partial charge is 0.106 e. The standard InChI is InChI=1S/C12H14/c1-3-5-7-9-11-12-10-8-6-4-2/h1H,4,9-12H2,2H3. The van der Waals surface area contributed by atoms with E-state index in [1.54, 1.807) is 0 Å². The minimum atomic E-state index is 0.901. The zero-order chi connectivity index (χ0) is 9.07. The Morgan fingerprint density at radius 2 is 1.67 bits per heavy atom. The van der Waals surface area contributed by atoms with E-state index in [2.05, 4.69) is 36.5 Å². The average Bonchev–Trinajstić information content (AvgIpc) is 2.10. The van der Waals surface area contributed by atoms with Crippen molar-refractivity contribution < 1.29 is 0 Å². The van der Waals surface area contributed by atoms with Gasteiger partial charge in [0.05, 0.1) is 0 Å². The summed E-state index contributed by atoms with van der Waals surface area (Å²) < 4.78 is 0. The van der Waals surface area contributed by atoms with Gasteiger partial charge in [0.2, 0.25) is 0 Å². The molecule has 0 aliphatic heterocycles. The molecule has 0 atom stereocenters. The van der Waals surface area contributed by atoms with Gasteiger partial charge in [-0.15, -0.1) is 18.3 Å². The van der Waals surface area contributed by atoms with E-state index in [0.717, 1.165) is 32.1 Å². The monoisotopic (exact) mass is 158 g/mol. The van der Waals surface area contributed by atoms with Gasteiger partial charge >= 0.3 is 0 Å². The van der Waals surface area contributed by atoms with Crippen LogP contribution in [0, 0.1) is 36.0 Å².